The van der Waals surface area contributed by atoms with Crippen LogP contribution in [0.1, 0.15) is 33.3 Å². The van der Waals surface area contributed by atoms with E-state index in [9.17, 15) is 23.3 Å². The normalized spacial score (nSPS) is 13.9. The van der Waals surface area contributed by atoms with Gasteiger partial charge in [-0.3, -0.25) is 10.1 Å². The van der Waals surface area contributed by atoms with Crippen molar-refractivity contribution in [2.75, 3.05) is 5.32 Å². The van der Waals surface area contributed by atoms with Crippen molar-refractivity contribution in [3.05, 3.63) is 33.9 Å². The Morgan fingerprint density at radius 3 is 2.20 bits per heavy atom. The molecule has 0 heterocycles. The lowest BCUT2D eigenvalue weighted by Crippen LogP contribution is -2.31. The summed E-state index contributed by atoms with van der Waals surface area (Å²) in [6.07, 6.45) is -4.60. The van der Waals surface area contributed by atoms with Crippen molar-refractivity contribution in [1.82, 2.24) is 0 Å². The predicted octanol–water partition coefficient (Wildman–Crippen LogP) is 4.46. The van der Waals surface area contributed by atoms with Gasteiger partial charge in [-0.25, -0.2) is 0 Å². The first-order chi connectivity index (χ1) is 8.93. The van der Waals surface area contributed by atoms with E-state index in [0.717, 1.165) is 12.1 Å². The topological polar surface area (TPSA) is 55.2 Å². The summed E-state index contributed by atoms with van der Waals surface area (Å²) in [5.74, 6) is 0. The summed E-state index contributed by atoms with van der Waals surface area (Å²) < 4.78 is 37.7. The molecule has 0 aliphatic rings. The van der Waals surface area contributed by atoms with Crippen LogP contribution in [-0.2, 0) is 6.18 Å². The second-order valence-corrected chi connectivity index (χ2v) is 5.72. The molecule has 1 unspecified atom stereocenters. The molecule has 1 rings (SSSR count). The van der Waals surface area contributed by atoms with Crippen molar-refractivity contribution in [1.29, 1.82) is 0 Å². The lowest BCUT2D eigenvalue weighted by Gasteiger charge is -2.28. The molecule has 0 fully saturated rings. The van der Waals surface area contributed by atoms with E-state index >= 15 is 0 Å². The molecule has 20 heavy (non-hydrogen) atoms. The van der Waals surface area contributed by atoms with Gasteiger partial charge in [0.2, 0.25) is 0 Å². The first-order valence-corrected chi connectivity index (χ1v) is 6.05. The molecular weight excluding hydrogens is 273 g/mol. The quantitative estimate of drug-likeness (QED) is 0.660. The average molecular weight is 290 g/mol. The minimum Gasteiger partial charge on any atom is -0.377 e. The van der Waals surface area contributed by atoms with Crippen LogP contribution in [0.2, 0.25) is 0 Å². The maximum Gasteiger partial charge on any atom is 0.416 e. The van der Waals surface area contributed by atoms with Crippen molar-refractivity contribution >= 4 is 11.4 Å². The minimum atomic E-state index is -4.60. The number of benzene rings is 1. The minimum absolute atomic E-state index is 0.0884. The van der Waals surface area contributed by atoms with Gasteiger partial charge in [0.05, 0.1) is 10.5 Å². The fraction of sp³-hybridized carbons (Fsp3) is 0.538. The van der Waals surface area contributed by atoms with E-state index in [1.165, 1.54) is 0 Å². The molecule has 0 saturated heterocycles. The fourth-order valence-electron chi connectivity index (χ4n) is 1.43. The molecule has 0 saturated carbocycles. The second-order valence-electron chi connectivity index (χ2n) is 5.72. The van der Waals surface area contributed by atoms with Crippen LogP contribution in [-0.4, -0.2) is 11.0 Å². The maximum absolute atomic E-state index is 12.6. The Bertz CT molecular complexity index is 507. The summed E-state index contributed by atoms with van der Waals surface area (Å²) in [7, 11) is 0. The Hall–Kier alpha value is -1.79. The molecule has 0 aliphatic heterocycles. The van der Waals surface area contributed by atoms with E-state index in [2.05, 4.69) is 5.32 Å². The maximum atomic E-state index is 12.6. The number of halogens is 3. The zero-order valence-electron chi connectivity index (χ0n) is 11.7. The highest BCUT2D eigenvalue weighted by molar-refractivity contribution is 5.63. The fourth-order valence-corrected chi connectivity index (χ4v) is 1.43. The number of hydrogen-bond acceptors (Lipinski definition) is 3. The molecule has 7 heteroatoms. The third-order valence-corrected chi connectivity index (χ3v) is 3.19. The van der Waals surface area contributed by atoms with Crippen LogP contribution in [0.3, 0.4) is 0 Å². The number of hydrogen-bond donors (Lipinski definition) is 1. The van der Waals surface area contributed by atoms with Gasteiger partial charge in [0.1, 0.15) is 5.69 Å². The molecule has 1 aromatic carbocycles. The first kappa shape index (κ1) is 16.3. The highest BCUT2D eigenvalue weighted by Gasteiger charge is 2.33. The van der Waals surface area contributed by atoms with Gasteiger partial charge in [-0.2, -0.15) is 13.2 Å². The van der Waals surface area contributed by atoms with Gasteiger partial charge in [0, 0.05) is 12.1 Å². The number of alkyl halides is 3. The van der Waals surface area contributed by atoms with E-state index in [0.29, 0.717) is 6.07 Å². The number of nitrogens with one attached hydrogen (secondary N) is 1. The van der Waals surface area contributed by atoms with E-state index in [1.807, 2.05) is 27.7 Å². The summed E-state index contributed by atoms with van der Waals surface area (Å²) in [5, 5.41) is 13.8. The molecule has 1 N–H and O–H groups in total. The summed E-state index contributed by atoms with van der Waals surface area (Å²) in [6, 6.07) is 2.35. The highest BCUT2D eigenvalue weighted by Crippen LogP contribution is 2.36. The van der Waals surface area contributed by atoms with Gasteiger partial charge in [-0.15, -0.1) is 0 Å². The Kier molecular flexibility index (Phi) is 4.31. The molecule has 0 spiro atoms. The third kappa shape index (κ3) is 3.85. The number of anilines is 1. The Morgan fingerprint density at radius 1 is 1.25 bits per heavy atom. The van der Waals surface area contributed by atoms with Crippen LogP contribution in [0.15, 0.2) is 18.2 Å². The van der Waals surface area contributed by atoms with Crippen LogP contribution in [0, 0.1) is 15.5 Å². The monoisotopic (exact) mass is 290 g/mol. The van der Waals surface area contributed by atoms with Crippen LogP contribution in [0.25, 0.3) is 0 Å². The molecule has 1 aromatic rings. The molecule has 0 aromatic heterocycles. The number of nitrogens with zero attached hydrogens (tertiary/aromatic N) is 1. The lowest BCUT2D eigenvalue weighted by molar-refractivity contribution is -0.384. The van der Waals surface area contributed by atoms with Gasteiger partial charge in [0.25, 0.3) is 5.69 Å². The van der Waals surface area contributed by atoms with Crippen LogP contribution < -0.4 is 5.32 Å². The molecule has 4 nitrogen and oxygen atoms in total. The standard InChI is InChI=1S/C13H17F3N2O2/c1-8(12(2,3)4)17-10-6-5-9(13(14,15)16)7-11(10)18(19)20/h5-8,17H,1-4H3. The van der Waals surface area contributed by atoms with Crippen molar-refractivity contribution < 1.29 is 18.1 Å². The molecule has 0 aliphatic carbocycles. The largest absolute Gasteiger partial charge is 0.416 e. The summed E-state index contributed by atoms with van der Waals surface area (Å²) in [4.78, 5) is 10.1. The number of nitro groups is 1. The average Bonchev–Trinajstić information content (AvgIpc) is 2.26. The molecule has 112 valence electrons. The van der Waals surface area contributed by atoms with E-state index in [1.54, 1.807) is 0 Å². The van der Waals surface area contributed by atoms with Crippen molar-refractivity contribution in [2.24, 2.45) is 5.41 Å². The van der Waals surface area contributed by atoms with Gasteiger partial charge in [-0.05, 0) is 24.5 Å². The SMILES string of the molecule is CC(Nc1ccc(C(F)(F)F)cc1[N+](=O)[O-])C(C)(C)C. The van der Waals surface area contributed by atoms with Crippen LogP contribution in [0.4, 0.5) is 24.5 Å². The Balaban J connectivity index is 3.18. The van der Waals surface area contributed by atoms with Crippen LogP contribution in [0.5, 0.6) is 0 Å². The number of nitro benzene ring substituents is 1. The lowest BCUT2D eigenvalue weighted by atomic mass is 9.88. The highest BCUT2D eigenvalue weighted by atomic mass is 19.4. The number of rotatable bonds is 3. The Morgan fingerprint density at radius 2 is 1.80 bits per heavy atom. The second kappa shape index (κ2) is 5.30. The van der Waals surface area contributed by atoms with Gasteiger partial charge >= 0.3 is 6.18 Å². The Labute approximate surface area is 115 Å². The van der Waals surface area contributed by atoms with E-state index in [-0.39, 0.29) is 17.1 Å². The molecular formula is C13H17F3N2O2. The predicted molar refractivity (Wildman–Crippen MR) is 70.6 cm³/mol. The van der Waals surface area contributed by atoms with E-state index < -0.39 is 22.4 Å². The smallest absolute Gasteiger partial charge is 0.377 e. The van der Waals surface area contributed by atoms with Crippen molar-refractivity contribution in [3.63, 3.8) is 0 Å². The van der Waals surface area contributed by atoms with Gasteiger partial charge in [0.15, 0.2) is 0 Å². The van der Waals surface area contributed by atoms with Gasteiger partial charge < -0.3 is 5.32 Å². The zero-order valence-corrected chi connectivity index (χ0v) is 11.7. The molecule has 0 bridgehead atoms. The van der Waals surface area contributed by atoms with Crippen molar-refractivity contribution in [3.8, 4) is 0 Å². The summed E-state index contributed by atoms with van der Waals surface area (Å²) >= 11 is 0. The first-order valence-electron chi connectivity index (χ1n) is 6.05. The van der Waals surface area contributed by atoms with E-state index in [4.69, 9.17) is 0 Å². The van der Waals surface area contributed by atoms with Crippen molar-refractivity contribution in [2.45, 2.75) is 39.9 Å². The molecule has 1 atom stereocenters. The molecule has 0 radical (unpaired) electrons. The van der Waals surface area contributed by atoms with Crippen LogP contribution >= 0.6 is 0 Å². The molecule has 0 amide bonds. The van der Waals surface area contributed by atoms with Gasteiger partial charge in [-0.1, -0.05) is 20.8 Å². The zero-order chi connectivity index (χ0) is 15.7. The third-order valence-electron chi connectivity index (χ3n) is 3.19. The summed E-state index contributed by atoms with van der Waals surface area (Å²) in [5.41, 5.74) is -1.70. The summed E-state index contributed by atoms with van der Waals surface area (Å²) in [6.45, 7) is 7.61.